The zero-order chi connectivity index (χ0) is 16.0. The largest absolute Gasteiger partial charge is 0.465 e. The second-order valence-corrected chi connectivity index (χ2v) is 4.57. The van der Waals surface area contributed by atoms with Gasteiger partial charge in [-0.05, 0) is 5.56 Å². The predicted molar refractivity (Wildman–Crippen MR) is 79.8 cm³/mol. The van der Waals surface area contributed by atoms with Crippen molar-refractivity contribution < 1.29 is 29.2 Å². The molecule has 0 saturated carbocycles. The van der Waals surface area contributed by atoms with Crippen LogP contribution < -0.4 is 5.32 Å². The molecular weight excluding hydrogens is 290 g/mol. The number of benzene rings is 1. The van der Waals surface area contributed by atoms with Gasteiger partial charge in [0.05, 0.1) is 39.6 Å². The lowest BCUT2D eigenvalue weighted by molar-refractivity contribution is -0.0351. The normalized spacial score (nSPS) is 12.0. The van der Waals surface area contributed by atoms with Crippen molar-refractivity contribution in [2.45, 2.75) is 12.7 Å². The summed E-state index contributed by atoms with van der Waals surface area (Å²) in [6.45, 7) is 2.05. The Labute approximate surface area is 129 Å². The van der Waals surface area contributed by atoms with Crippen molar-refractivity contribution in [1.29, 1.82) is 0 Å². The summed E-state index contributed by atoms with van der Waals surface area (Å²) >= 11 is 0. The lowest BCUT2D eigenvalue weighted by Gasteiger charge is -2.12. The Morgan fingerprint density at radius 2 is 1.73 bits per heavy atom. The van der Waals surface area contributed by atoms with E-state index in [0.717, 1.165) is 5.56 Å². The third kappa shape index (κ3) is 10.1. The Morgan fingerprint density at radius 1 is 1.05 bits per heavy atom. The highest BCUT2D eigenvalue weighted by molar-refractivity contribution is 5.64. The van der Waals surface area contributed by atoms with E-state index in [1.165, 1.54) is 0 Å². The van der Waals surface area contributed by atoms with Gasteiger partial charge in [-0.2, -0.15) is 0 Å². The van der Waals surface area contributed by atoms with Crippen molar-refractivity contribution in [3.63, 3.8) is 0 Å². The van der Waals surface area contributed by atoms with Gasteiger partial charge in [-0.3, -0.25) is 0 Å². The fourth-order valence-electron chi connectivity index (χ4n) is 1.60. The fourth-order valence-corrected chi connectivity index (χ4v) is 1.60. The van der Waals surface area contributed by atoms with Gasteiger partial charge in [0.15, 0.2) is 0 Å². The molecule has 7 heteroatoms. The van der Waals surface area contributed by atoms with E-state index >= 15 is 0 Å². The quantitative estimate of drug-likeness (QED) is 0.495. The van der Waals surface area contributed by atoms with E-state index in [-0.39, 0.29) is 19.8 Å². The number of carbonyl (C=O) groups is 1. The molecule has 1 amide bonds. The number of amides is 1. The number of carboxylic acid groups (broad SMARTS) is 1. The smallest absolute Gasteiger partial charge is 0.404 e. The molecule has 0 radical (unpaired) electrons. The molecule has 0 bridgehead atoms. The third-order valence-corrected chi connectivity index (χ3v) is 2.63. The van der Waals surface area contributed by atoms with Crippen molar-refractivity contribution in [3.8, 4) is 0 Å². The van der Waals surface area contributed by atoms with Crippen LogP contribution in [0.3, 0.4) is 0 Å². The third-order valence-electron chi connectivity index (χ3n) is 2.63. The molecule has 0 fully saturated rings. The van der Waals surface area contributed by atoms with Gasteiger partial charge in [0.25, 0.3) is 0 Å². The van der Waals surface area contributed by atoms with Crippen LogP contribution in [-0.2, 0) is 20.8 Å². The Bertz CT molecular complexity index is 400. The molecule has 1 aromatic rings. The lowest BCUT2D eigenvalue weighted by atomic mass is 10.2. The lowest BCUT2D eigenvalue weighted by Crippen LogP contribution is -2.26. The second-order valence-electron chi connectivity index (χ2n) is 4.57. The van der Waals surface area contributed by atoms with Crippen molar-refractivity contribution in [2.75, 3.05) is 39.6 Å². The van der Waals surface area contributed by atoms with E-state index in [1.54, 1.807) is 0 Å². The molecule has 0 spiro atoms. The Hall–Kier alpha value is -1.67. The van der Waals surface area contributed by atoms with Gasteiger partial charge in [0, 0.05) is 6.54 Å². The predicted octanol–water partition coefficient (Wildman–Crippen LogP) is 0.865. The van der Waals surface area contributed by atoms with Crippen LogP contribution in [0, 0.1) is 0 Å². The van der Waals surface area contributed by atoms with Gasteiger partial charge in [0.1, 0.15) is 6.10 Å². The van der Waals surface area contributed by atoms with Gasteiger partial charge >= 0.3 is 6.09 Å². The number of hydrogen-bond acceptors (Lipinski definition) is 5. The summed E-state index contributed by atoms with van der Waals surface area (Å²) in [5.41, 5.74) is 1.05. The van der Waals surface area contributed by atoms with Crippen LogP contribution in [0.2, 0.25) is 0 Å². The summed E-state index contributed by atoms with van der Waals surface area (Å²) in [5, 5.41) is 20.2. The molecule has 1 aromatic carbocycles. The van der Waals surface area contributed by atoms with E-state index in [9.17, 15) is 9.90 Å². The summed E-state index contributed by atoms with van der Waals surface area (Å²) < 4.78 is 15.8. The fraction of sp³-hybridized carbons (Fsp3) is 0.533. The van der Waals surface area contributed by atoms with Gasteiger partial charge in [-0.1, -0.05) is 30.3 Å². The Kier molecular flexibility index (Phi) is 9.97. The average molecular weight is 313 g/mol. The molecule has 0 unspecified atom stereocenters. The Balaban J connectivity index is 1.89. The van der Waals surface area contributed by atoms with Gasteiger partial charge in [0.2, 0.25) is 0 Å². The summed E-state index contributed by atoms with van der Waals surface area (Å²) in [7, 11) is 0. The van der Waals surface area contributed by atoms with Crippen LogP contribution in [0.5, 0.6) is 0 Å². The molecule has 1 rings (SSSR count). The molecule has 124 valence electrons. The molecule has 3 N–H and O–H groups in total. The number of hydrogen-bond donors (Lipinski definition) is 3. The van der Waals surface area contributed by atoms with Crippen LogP contribution >= 0.6 is 0 Å². The summed E-state index contributed by atoms with van der Waals surface area (Å²) in [6, 6.07) is 9.72. The van der Waals surface area contributed by atoms with E-state index in [4.69, 9.17) is 19.3 Å². The van der Waals surface area contributed by atoms with E-state index < -0.39 is 12.2 Å². The number of ether oxygens (including phenoxy) is 3. The van der Waals surface area contributed by atoms with E-state index in [0.29, 0.717) is 26.4 Å². The minimum absolute atomic E-state index is 0.172. The zero-order valence-electron chi connectivity index (χ0n) is 12.4. The molecule has 0 aliphatic rings. The van der Waals surface area contributed by atoms with Crippen molar-refractivity contribution in [3.05, 3.63) is 35.9 Å². The van der Waals surface area contributed by atoms with Crippen molar-refractivity contribution in [2.24, 2.45) is 0 Å². The van der Waals surface area contributed by atoms with Crippen LogP contribution in [0.1, 0.15) is 5.56 Å². The van der Waals surface area contributed by atoms with Crippen molar-refractivity contribution >= 4 is 6.09 Å². The Morgan fingerprint density at radius 3 is 2.45 bits per heavy atom. The molecule has 22 heavy (non-hydrogen) atoms. The first kappa shape index (κ1) is 18.4. The first-order valence-electron chi connectivity index (χ1n) is 7.10. The molecule has 0 aliphatic carbocycles. The van der Waals surface area contributed by atoms with Gasteiger partial charge in [-0.15, -0.1) is 0 Å². The first-order valence-corrected chi connectivity index (χ1v) is 7.10. The molecular formula is C15H23NO6. The monoisotopic (exact) mass is 313 g/mol. The molecule has 7 nitrogen and oxygen atoms in total. The molecule has 0 heterocycles. The first-order chi connectivity index (χ1) is 10.7. The maximum Gasteiger partial charge on any atom is 0.404 e. The number of aliphatic hydroxyl groups excluding tert-OH is 1. The molecule has 0 aliphatic heterocycles. The summed E-state index contributed by atoms with van der Waals surface area (Å²) in [4.78, 5) is 10.2. The van der Waals surface area contributed by atoms with Crippen LogP contribution in [-0.4, -0.2) is 62.0 Å². The topological polar surface area (TPSA) is 97.3 Å². The van der Waals surface area contributed by atoms with E-state index in [2.05, 4.69) is 5.32 Å². The van der Waals surface area contributed by atoms with Crippen LogP contribution in [0.4, 0.5) is 4.79 Å². The highest BCUT2D eigenvalue weighted by Gasteiger charge is 2.04. The maximum atomic E-state index is 10.2. The molecule has 0 saturated heterocycles. The van der Waals surface area contributed by atoms with Gasteiger partial charge < -0.3 is 29.7 Å². The van der Waals surface area contributed by atoms with Crippen LogP contribution in [0.15, 0.2) is 30.3 Å². The van der Waals surface area contributed by atoms with Crippen molar-refractivity contribution in [1.82, 2.24) is 5.32 Å². The van der Waals surface area contributed by atoms with E-state index in [1.807, 2.05) is 30.3 Å². The highest BCUT2D eigenvalue weighted by Crippen LogP contribution is 2.01. The average Bonchev–Trinajstić information content (AvgIpc) is 2.50. The minimum Gasteiger partial charge on any atom is -0.465 e. The number of rotatable bonds is 12. The molecule has 1 atom stereocenters. The maximum absolute atomic E-state index is 10.2. The summed E-state index contributed by atoms with van der Waals surface area (Å²) in [6.07, 6.45) is -1.75. The second kappa shape index (κ2) is 11.9. The standard InChI is InChI=1S/C15H23NO6/c17-14(12-22-10-13-4-2-1-3-5-13)11-21-9-8-20-7-6-16-15(18)19/h1-5,14,16-17H,6-12H2,(H,18,19)/t14-/m0/s1. The summed E-state index contributed by atoms with van der Waals surface area (Å²) in [5.74, 6) is 0. The van der Waals surface area contributed by atoms with Crippen LogP contribution in [0.25, 0.3) is 0 Å². The SMILES string of the molecule is O=C(O)NCCOCCOC[C@H](O)COCc1ccccc1. The number of aliphatic hydroxyl groups is 1. The molecule has 0 aromatic heterocycles. The number of nitrogens with one attached hydrogen (secondary N) is 1. The minimum atomic E-state index is -1.07. The highest BCUT2D eigenvalue weighted by atomic mass is 16.5. The zero-order valence-corrected chi connectivity index (χ0v) is 12.4. The van der Waals surface area contributed by atoms with Gasteiger partial charge in [-0.25, -0.2) is 4.79 Å².